The van der Waals surface area contributed by atoms with Crippen LogP contribution in [0.25, 0.3) is 0 Å². The van der Waals surface area contributed by atoms with Gasteiger partial charge in [0.05, 0.1) is 0 Å². The Balaban J connectivity index is 2.33. The van der Waals surface area contributed by atoms with Gasteiger partial charge in [0.25, 0.3) is 0 Å². The van der Waals surface area contributed by atoms with Crippen LogP contribution in [0.2, 0.25) is 0 Å². The average molecular weight is 222 g/mol. The Hall–Kier alpha value is -1.91. The third-order valence-corrected chi connectivity index (χ3v) is 2.08. The number of hydrogen-bond donors (Lipinski definition) is 2. The third-order valence-electron chi connectivity index (χ3n) is 2.08. The van der Waals surface area contributed by atoms with Crippen LogP contribution in [0, 0.1) is 0 Å². The number of carboxylic acids is 1. The van der Waals surface area contributed by atoms with Gasteiger partial charge in [0.15, 0.2) is 0 Å². The second-order valence-electron chi connectivity index (χ2n) is 3.45. The minimum Gasteiger partial charge on any atom is -0.480 e. The van der Waals surface area contributed by atoms with Crippen molar-refractivity contribution in [2.75, 3.05) is 0 Å². The summed E-state index contributed by atoms with van der Waals surface area (Å²) in [6, 6.07) is 4.63. The van der Waals surface area contributed by atoms with Crippen molar-refractivity contribution in [3.63, 3.8) is 0 Å². The summed E-state index contributed by atoms with van der Waals surface area (Å²) in [5.41, 5.74) is 0.820. The molecule has 5 nitrogen and oxygen atoms in total. The van der Waals surface area contributed by atoms with Crippen LogP contribution in [0.3, 0.4) is 0 Å². The van der Waals surface area contributed by atoms with Crippen LogP contribution in [-0.4, -0.2) is 28.0 Å². The van der Waals surface area contributed by atoms with Gasteiger partial charge in [0.2, 0.25) is 5.91 Å². The van der Waals surface area contributed by atoms with Crippen molar-refractivity contribution >= 4 is 11.9 Å². The first kappa shape index (κ1) is 12.2. The first-order valence-electron chi connectivity index (χ1n) is 5.01. The lowest BCUT2D eigenvalue weighted by Gasteiger charge is -2.08. The Morgan fingerprint density at radius 3 is 2.81 bits per heavy atom. The predicted molar refractivity (Wildman–Crippen MR) is 57.8 cm³/mol. The molecule has 86 valence electrons. The Morgan fingerprint density at radius 1 is 1.50 bits per heavy atom. The lowest BCUT2D eigenvalue weighted by molar-refractivity contribution is -0.141. The van der Waals surface area contributed by atoms with Crippen molar-refractivity contribution in [2.45, 2.75) is 25.8 Å². The molecule has 0 aromatic carbocycles. The number of rotatable bonds is 5. The van der Waals surface area contributed by atoms with Gasteiger partial charge in [-0.2, -0.15) is 0 Å². The topological polar surface area (TPSA) is 79.3 Å². The number of carbonyl (C=O) groups excluding carboxylic acids is 1. The molecular formula is C11H14N2O3. The SMILES string of the molecule is C[C@@H](NC(=O)CCc1ccccn1)C(=O)O. The number of aliphatic carboxylic acids is 1. The van der Waals surface area contributed by atoms with Crippen molar-refractivity contribution in [1.29, 1.82) is 0 Å². The lowest BCUT2D eigenvalue weighted by Crippen LogP contribution is -2.38. The largest absolute Gasteiger partial charge is 0.480 e. The second kappa shape index (κ2) is 5.85. The number of hydrogen-bond acceptors (Lipinski definition) is 3. The Morgan fingerprint density at radius 2 is 2.25 bits per heavy atom. The van der Waals surface area contributed by atoms with Gasteiger partial charge < -0.3 is 10.4 Å². The van der Waals surface area contributed by atoms with Gasteiger partial charge in [-0.3, -0.25) is 14.6 Å². The van der Waals surface area contributed by atoms with Gasteiger partial charge in [0, 0.05) is 18.3 Å². The van der Waals surface area contributed by atoms with E-state index in [2.05, 4.69) is 10.3 Å². The summed E-state index contributed by atoms with van der Waals surface area (Å²) in [7, 11) is 0. The molecule has 0 aliphatic rings. The maximum atomic E-state index is 11.3. The normalized spacial score (nSPS) is 11.8. The molecule has 2 N–H and O–H groups in total. The highest BCUT2D eigenvalue weighted by atomic mass is 16.4. The van der Waals surface area contributed by atoms with E-state index in [4.69, 9.17) is 5.11 Å². The molecule has 1 atom stereocenters. The van der Waals surface area contributed by atoms with Crippen LogP contribution >= 0.6 is 0 Å². The van der Waals surface area contributed by atoms with Gasteiger partial charge in [-0.15, -0.1) is 0 Å². The number of pyridine rings is 1. The van der Waals surface area contributed by atoms with Crippen molar-refractivity contribution in [2.24, 2.45) is 0 Å². The van der Waals surface area contributed by atoms with Crippen molar-refractivity contribution in [3.8, 4) is 0 Å². The third kappa shape index (κ3) is 4.08. The van der Waals surface area contributed by atoms with Gasteiger partial charge >= 0.3 is 5.97 Å². The summed E-state index contributed by atoms with van der Waals surface area (Å²) in [4.78, 5) is 25.9. The fourth-order valence-electron chi connectivity index (χ4n) is 1.16. The number of aryl methyl sites for hydroxylation is 1. The molecule has 0 aliphatic heterocycles. The van der Waals surface area contributed by atoms with Gasteiger partial charge in [-0.25, -0.2) is 0 Å². The monoisotopic (exact) mass is 222 g/mol. The molecule has 1 amide bonds. The minimum atomic E-state index is -1.04. The molecule has 1 aromatic heterocycles. The molecule has 0 saturated heterocycles. The summed E-state index contributed by atoms with van der Waals surface area (Å²) in [6.07, 6.45) is 2.42. The van der Waals surface area contributed by atoms with E-state index in [-0.39, 0.29) is 12.3 Å². The van der Waals surface area contributed by atoms with Crippen LogP contribution in [0.4, 0.5) is 0 Å². The first-order chi connectivity index (χ1) is 7.59. The van der Waals surface area contributed by atoms with E-state index in [0.717, 1.165) is 5.69 Å². The highest BCUT2D eigenvalue weighted by Gasteiger charge is 2.13. The fraction of sp³-hybridized carbons (Fsp3) is 0.364. The van der Waals surface area contributed by atoms with E-state index in [9.17, 15) is 9.59 Å². The van der Waals surface area contributed by atoms with Crippen molar-refractivity contribution in [3.05, 3.63) is 30.1 Å². The average Bonchev–Trinajstić information content (AvgIpc) is 2.27. The first-order valence-corrected chi connectivity index (χ1v) is 5.01. The Bertz CT molecular complexity index is 365. The molecule has 0 bridgehead atoms. The molecule has 0 spiro atoms. The van der Waals surface area contributed by atoms with E-state index in [1.54, 1.807) is 12.3 Å². The zero-order valence-corrected chi connectivity index (χ0v) is 9.01. The Kier molecular flexibility index (Phi) is 4.44. The molecule has 0 saturated carbocycles. The van der Waals surface area contributed by atoms with E-state index >= 15 is 0 Å². The summed E-state index contributed by atoms with van der Waals surface area (Å²) in [5, 5.41) is 11.0. The molecule has 0 fully saturated rings. The summed E-state index contributed by atoms with van der Waals surface area (Å²) < 4.78 is 0. The molecule has 1 rings (SSSR count). The summed E-state index contributed by atoms with van der Waals surface area (Å²) in [5.74, 6) is -1.31. The maximum absolute atomic E-state index is 11.3. The molecule has 5 heteroatoms. The van der Waals surface area contributed by atoms with Crippen molar-refractivity contribution in [1.82, 2.24) is 10.3 Å². The molecule has 1 heterocycles. The summed E-state index contributed by atoms with van der Waals surface area (Å²) in [6.45, 7) is 1.43. The standard InChI is InChI=1S/C11H14N2O3/c1-8(11(15)16)13-10(14)6-5-9-4-2-3-7-12-9/h2-4,7-8H,5-6H2,1H3,(H,13,14)(H,15,16)/t8-/m1/s1. The smallest absolute Gasteiger partial charge is 0.325 e. The van der Waals surface area contributed by atoms with E-state index < -0.39 is 12.0 Å². The van der Waals surface area contributed by atoms with Gasteiger partial charge in [-0.05, 0) is 25.5 Å². The van der Waals surface area contributed by atoms with Crippen LogP contribution in [-0.2, 0) is 16.0 Å². The molecule has 16 heavy (non-hydrogen) atoms. The van der Waals surface area contributed by atoms with E-state index in [1.165, 1.54) is 6.92 Å². The van der Waals surface area contributed by atoms with Crippen LogP contribution < -0.4 is 5.32 Å². The molecule has 0 radical (unpaired) electrons. The van der Waals surface area contributed by atoms with Crippen molar-refractivity contribution < 1.29 is 14.7 Å². The molecular weight excluding hydrogens is 208 g/mol. The number of amides is 1. The molecule has 1 aromatic rings. The second-order valence-corrected chi connectivity index (χ2v) is 3.45. The highest BCUT2D eigenvalue weighted by molar-refractivity contribution is 5.83. The number of nitrogens with zero attached hydrogens (tertiary/aromatic N) is 1. The predicted octanol–water partition coefficient (Wildman–Crippen LogP) is 0.603. The minimum absolute atomic E-state index is 0.245. The zero-order chi connectivity index (χ0) is 12.0. The van der Waals surface area contributed by atoms with Crippen LogP contribution in [0.1, 0.15) is 19.0 Å². The summed E-state index contributed by atoms with van der Waals surface area (Å²) >= 11 is 0. The number of carbonyl (C=O) groups is 2. The van der Waals surface area contributed by atoms with E-state index in [0.29, 0.717) is 6.42 Å². The lowest BCUT2D eigenvalue weighted by atomic mass is 10.2. The molecule has 0 aliphatic carbocycles. The quantitative estimate of drug-likeness (QED) is 0.764. The van der Waals surface area contributed by atoms with Crippen LogP contribution in [0.5, 0.6) is 0 Å². The molecule has 0 unspecified atom stereocenters. The highest BCUT2D eigenvalue weighted by Crippen LogP contribution is 1.98. The number of carboxylic acid groups (broad SMARTS) is 1. The Labute approximate surface area is 93.5 Å². The number of nitrogens with one attached hydrogen (secondary N) is 1. The maximum Gasteiger partial charge on any atom is 0.325 e. The van der Waals surface area contributed by atoms with Gasteiger partial charge in [0.1, 0.15) is 6.04 Å². The fourth-order valence-corrected chi connectivity index (χ4v) is 1.16. The number of aromatic nitrogens is 1. The van der Waals surface area contributed by atoms with Gasteiger partial charge in [-0.1, -0.05) is 6.07 Å². The van der Waals surface area contributed by atoms with Crippen LogP contribution in [0.15, 0.2) is 24.4 Å². The zero-order valence-electron chi connectivity index (χ0n) is 9.01. The van der Waals surface area contributed by atoms with E-state index in [1.807, 2.05) is 12.1 Å².